The van der Waals surface area contributed by atoms with E-state index in [-0.39, 0.29) is 19.3 Å². The smallest absolute Gasteiger partial charge is 0.326 e. The summed E-state index contributed by atoms with van der Waals surface area (Å²) in [6.45, 7) is 0.716. The average molecular weight is 489 g/mol. The van der Waals surface area contributed by atoms with E-state index in [1.165, 1.54) is 16.7 Å². The van der Waals surface area contributed by atoms with Crippen molar-refractivity contribution < 1.29 is 29.1 Å². The third-order valence-electron chi connectivity index (χ3n) is 5.38. The van der Waals surface area contributed by atoms with Crippen LogP contribution in [0.25, 0.3) is 0 Å². The third kappa shape index (κ3) is 9.56. The molecule has 0 aliphatic carbocycles. The van der Waals surface area contributed by atoms with Gasteiger partial charge < -0.3 is 37.8 Å². The Morgan fingerprint density at radius 3 is 2.39 bits per heavy atom. The molecule has 13 heteroatoms. The fraction of sp³-hybridized carbons (Fsp3) is 0.750. The van der Waals surface area contributed by atoms with Gasteiger partial charge in [0.05, 0.1) is 12.5 Å². The number of hydrogen-bond donors (Lipinski definition) is 6. The number of nitrogens with two attached hydrogens (primary N) is 3. The lowest BCUT2D eigenvalue weighted by Gasteiger charge is -2.30. The molecular weight excluding hydrogens is 452 g/mol. The Kier molecular flexibility index (Phi) is 12.8. The molecule has 0 radical (unpaired) electrons. The largest absolute Gasteiger partial charge is 0.480 e. The number of carbonyl (C=O) groups excluding carboxylic acids is 4. The highest BCUT2D eigenvalue weighted by Gasteiger charge is 2.39. The van der Waals surface area contributed by atoms with Crippen molar-refractivity contribution in [3.8, 4) is 0 Å². The summed E-state index contributed by atoms with van der Waals surface area (Å²) < 4.78 is 0. The second-order valence-corrected chi connectivity index (χ2v) is 8.98. The van der Waals surface area contributed by atoms with E-state index in [1.807, 2.05) is 6.26 Å². The topological polar surface area (TPSA) is 211 Å². The summed E-state index contributed by atoms with van der Waals surface area (Å²) in [5, 5.41) is 14.5. The van der Waals surface area contributed by atoms with E-state index < -0.39 is 53.8 Å². The number of nitrogens with zero attached hydrogens (tertiary/aromatic N) is 1. The monoisotopic (exact) mass is 488 g/mol. The van der Waals surface area contributed by atoms with Crippen molar-refractivity contribution >= 4 is 41.4 Å². The summed E-state index contributed by atoms with van der Waals surface area (Å²) in [6, 6.07) is -4.03. The van der Waals surface area contributed by atoms with E-state index in [1.54, 1.807) is 0 Å². The minimum Gasteiger partial charge on any atom is -0.480 e. The Bertz CT molecular complexity index is 709. The fourth-order valence-corrected chi connectivity index (χ4v) is 4.07. The highest BCUT2D eigenvalue weighted by Crippen LogP contribution is 2.20. The number of carboxylic acid groups (broad SMARTS) is 1. The van der Waals surface area contributed by atoms with Crippen molar-refractivity contribution in [3.63, 3.8) is 0 Å². The van der Waals surface area contributed by atoms with Crippen LogP contribution in [0, 0.1) is 0 Å². The zero-order valence-electron chi connectivity index (χ0n) is 19.0. The van der Waals surface area contributed by atoms with E-state index in [2.05, 4.69) is 10.6 Å². The average Bonchev–Trinajstić information content (AvgIpc) is 3.24. The Morgan fingerprint density at radius 1 is 1.12 bits per heavy atom. The van der Waals surface area contributed by atoms with Crippen LogP contribution in [0.1, 0.15) is 44.9 Å². The molecule has 1 saturated heterocycles. The van der Waals surface area contributed by atoms with E-state index in [9.17, 15) is 29.1 Å². The van der Waals surface area contributed by atoms with E-state index in [0.29, 0.717) is 44.5 Å². The van der Waals surface area contributed by atoms with Gasteiger partial charge in [0.25, 0.3) is 0 Å². The maximum absolute atomic E-state index is 13.3. The van der Waals surface area contributed by atoms with Crippen LogP contribution in [0.3, 0.4) is 0 Å². The predicted octanol–water partition coefficient (Wildman–Crippen LogP) is -1.88. The van der Waals surface area contributed by atoms with Crippen LogP contribution in [-0.2, 0) is 24.0 Å². The van der Waals surface area contributed by atoms with Crippen molar-refractivity contribution in [3.05, 3.63) is 0 Å². The Labute approximate surface area is 197 Å². The van der Waals surface area contributed by atoms with Gasteiger partial charge in [-0.25, -0.2) is 4.79 Å². The minimum atomic E-state index is -1.20. The first kappa shape index (κ1) is 28.7. The van der Waals surface area contributed by atoms with Gasteiger partial charge in [0.1, 0.15) is 18.1 Å². The number of carboxylic acids is 1. The third-order valence-corrected chi connectivity index (χ3v) is 6.03. The number of thioether (sulfide) groups is 1. The van der Waals surface area contributed by atoms with E-state index in [0.717, 1.165) is 0 Å². The van der Waals surface area contributed by atoms with Crippen LogP contribution in [0.15, 0.2) is 0 Å². The lowest BCUT2D eigenvalue weighted by atomic mass is 10.1. The molecule has 1 rings (SSSR count). The van der Waals surface area contributed by atoms with Gasteiger partial charge in [0, 0.05) is 6.54 Å². The van der Waals surface area contributed by atoms with Gasteiger partial charge in [-0.15, -0.1) is 0 Å². The van der Waals surface area contributed by atoms with Crippen molar-refractivity contribution in [2.45, 2.75) is 69.1 Å². The molecule has 12 nitrogen and oxygen atoms in total. The second-order valence-electron chi connectivity index (χ2n) is 7.99. The molecule has 0 aromatic heterocycles. The van der Waals surface area contributed by atoms with Crippen molar-refractivity contribution in [2.75, 3.05) is 25.1 Å². The molecular formula is C20H36N6O6S. The van der Waals surface area contributed by atoms with Gasteiger partial charge in [-0.3, -0.25) is 19.2 Å². The van der Waals surface area contributed by atoms with Crippen LogP contribution >= 0.6 is 11.8 Å². The standard InChI is InChI=1S/C20H36N6O6S/c1-33-10-7-14(20(31)32)25-18(29)15-6-4-9-26(15)19(30)13(5-2-3-8-21)24-17(28)12(22)11-16(23)27/h12-15H,2-11,21-22H2,1H3,(H2,23,27)(H,24,28)(H,25,29)(H,31,32). The van der Waals surface area contributed by atoms with Crippen molar-refractivity contribution in [1.29, 1.82) is 0 Å². The van der Waals surface area contributed by atoms with Gasteiger partial charge in [0.15, 0.2) is 0 Å². The summed E-state index contributed by atoms with van der Waals surface area (Å²) in [5.74, 6) is -3.00. The summed E-state index contributed by atoms with van der Waals surface area (Å²) in [5.41, 5.74) is 16.3. The molecule has 4 unspecified atom stereocenters. The molecule has 0 aromatic carbocycles. The zero-order valence-corrected chi connectivity index (χ0v) is 19.8. The molecule has 1 aliphatic rings. The first-order valence-electron chi connectivity index (χ1n) is 11.0. The van der Waals surface area contributed by atoms with Crippen LogP contribution in [0.4, 0.5) is 0 Å². The first-order chi connectivity index (χ1) is 15.6. The summed E-state index contributed by atoms with van der Waals surface area (Å²) in [7, 11) is 0. The van der Waals surface area contributed by atoms with Crippen LogP contribution in [0.2, 0.25) is 0 Å². The Hall–Kier alpha value is -2.38. The molecule has 1 aliphatic heterocycles. The highest BCUT2D eigenvalue weighted by atomic mass is 32.2. The number of unbranched alkanes of at least 4 members (excludes halogenated alkanes) is 1. The minimum absolute atomic E-state index is 0.262. The van der Waals surface area contributed by atoms with E-state index in [4.69, 9.17) is 17.2 Å². The van der Waals surface area contributed by atoms with Gasteiger partial charge in [-0.05, 0) is 57.1 Å². The number of rotatable bonds is 15. The molecule has 1 heterocycles. The molecule has 33 heavy (non-hydrogen) atoms. The fourth-order valence-electron chi connectivity index (χ4n) is 3.60. The number of hydrogen-bond acceptors (Lipinski definition) is 8. The molecule has 0 spiro atoms. The maximum Gasteiger partial charge on any atom is 0.326 e. The molecule has 188 valence electrons. The molecule has 4 atom stereocenters. The molecule has 9 N–H and O–H groups in total. The van der Waals surface area contributed by atoms with Gasteiger partial charge in [0.2, 0.25) is 23.6 Å². The molecule has 1 fully saturated rings. The lowest BCUT2D eigenvalue weighted by molar-refractivity contribution is -0.145. The van der Waals surface area contributed by atoms with Crippen molar-refractivity contribution in [1.82, 2.24) is 15.5 Å². The number of carbonyl (C=O) groups is 5. The molecule has 4 amide bonds. The quantitative estimate of drug-likeness (QED) is 0.142. The normalized spacial score (nSPS) is 18.3. The van der Waals surface area contributed by atoms with Gasteiger partial charge >= 0.3 is 5.97 Å². The summed E-state index contributed by atoms with van der Waals surface area (Å²) in [6.07, 6.45) is 4.16. The molecule has 0 saturated carbocycles. The zero-order chi connectivity index (χ0) is 25.0. The highest BCUT2D eigenvalue weighted by molar-refractivity contribution is 7.98. The first-order valence-corrected chi connectivity index (χ1v) is 12.4. The van der Waals surface area contributed by atoms with E-state index >= 15 is 0 Å². The Balaban J connectivity index is 2.92. The van der Waals surface area contributed by atoms with Gasteiger partial charge in [-0.2, -0.15) is 11.8 Å². The Morgan fingerprint density at radius 2 is 1.82 bits per heavy atom. The lowest BCUT2D eigenvalue weighted by Crippen LogP contribution is -2.57. The number of nitrogens with one attached hydrogen (secondary N) is 2. The SMILES string of the molecule is CSCCC(NC(=O)C1CCCN1C(=O)C(CCCCN)NC(=O)C(N)CC(N)=O)C(=O)O. The molecule has 0 bridgehead atoms. The number of primary amides is 1. The number of aliphatic carboxylic acids is 1. The predicted molar refractivity (Wildman–Crippen MR) is 124 cm³/mol. The number of amides is 4. The summed E-state index contributed by atoms with van der Waals surface area (Å²) in [4.78, 5) is 62.4. The second kappa shape index (κ2) is 14.7. The summed E-state index contributed by atoms with van der Waals surface area (Å²) >= 11 is 1.47. The molecule has 0 aromatic rings. The van der Waals surface area contributed by atoms with Crippen LogP contribution in [0.5, 0.6) is 0 Å². The van der Waals surface area contributed by atoms with Crippen molar-refractivity contribution in [2.24, 2.45) is 17.2 Å². The van der Waals surface area contributed by atoms with Gasteiger partial charge in [-0.1, -0.05) is 0 Å². The maximum atomic E-state index is 13.3. The number of likely N-dealkylation sites (tertiary alicyclic amines) is 1. The van der Waals surface area contributed by atoms with Crippen LogP contribution in [-0.4, -0.2) is 88.9 Å². The van der Waals surface area contributed by atoms with Crippen LogP contribution < -0.4 is 27.8 Å².